The van der Waals surface area contributed by atoms with E-state index in [9.17, 15) is 0 Å². The number of nitrogens with zero attached hydrogens (tertiary/aromatic N) is 2. The Morgan fingerprint density at radius 3 is 2.68 bits per heavy atom. The molecule has 4 nitrogen and oxygen atoms in total. The molecule has 0 aliphatic rings. The fraction of sp³-hybridized carbons (Fsp3) is 0.286. The molecule has 0 saturated heterocycles. The van der Waals surface area contributed by atoms with Gasteiger partial charge in [0.05, 0.1) is 0 Å². The van der Waals surface area contributed by atoms with Gasteiger partial charge in [0.15, 0.2) is 5.82 Å². The minimum Gasteiger partial charge on any atom is -0.384 e. The monoisotopic (exact) mass is 274 g/mol. The number of benzene rings is 1. The summed E-state index contributed by atoms with van der Waals surface area (Å²) in [7, 11) is 0. The van der Waals surface area contributed by atoms with Gasteiger partial charge in [-0.05, 0) is 13.2 Å². The Balaban J connectivity index is 2.25. The van der Waals surface area contributed by atoms with Gasteiger partial charge in [0, 0.05) is 23.4 Å². The highest BCUT2D eigenvalue weighted by atomic mass is 32.2. The molecule has 0 saturated carbocycles. The molecule has 0 aliphatic carbocycles. The van der Waals surface area contributed by atoms with Crippen LogP contribution in [0.4, 0.5) is 11.6 Å². The van der Waals surface area contributed by atoms with Crippen LogP contribution < -0.4 is 11.1 Å². The molecule has 2 rings (SSSR count). The third-order valence-electron chi connectivity index (χ3n) is 2.59. The van der Waals surface area contributed by atoms with Crippen LogP contribution in [0.15, 0.2) is 36.4 Å². The van der Waals surface area contributed by atoms with Crippen molar-refractivity contribution in [2.45, 2.75) is 13.0 Å². The number of anilines is 2. The molecule has 1 aromatic carbocycles. The van der Waals surface area contributed by atoms with E-state index in [0.29, 0.717) is 17.7 Å². The van der Waals surface area contributed by atoms with Gasteiger partial charge >= 0.3 is 0 Å². The van der Waals surface area contributed by atoms with Gasteiger partial charge in [-0.2, -0.15) is 11.8 Å². The zero-order chi connectivity index (χ0) is 13.7. The molecule has 1 aromatic heterocycles. The number of nitrogens with two attached hydrogens (primary N) is 1. The summed E-state index contributed by atoms with van der Waals surface area (Å²) in [6, 6.07) is 12.0. The van der Waals surface area contributed by atoms with E-state index in [2.05, 4.69) is 28.5 Å². The van der Waals surface area contributed by atoms with Gasteiger partial charge < -0.3 is 11.1 Å². The maximum Gasteiger partial charge on any atom is 0.163 e. The molecule has 0 aliphatic heterocycles. The first-order valence-electron chi connectivity index (χ1n) is 6.14. The van der Waals surface area contributed by atoms with Crippen LogP contribution in [0.25, 0.3) is 11.4 Å². The second-order valence-corrected chi connectivity index (χ2v) is 5.28. The smallest absolute Gasteiger partial charge is 0.163 e. The Morgan fingerprint density at radius 2 is 2.00 bits per heavy atom. The van der Waals surface area contributed by atoms with Crippen LogP contribution in [0.3, 0.4) is 0 Å². The standard InChI is InChI=1S/C14H18N4S/c1-10(9-19-2)16-13-8-12(15)17-14(18-13)11-6-4-3-5-7-11/h3-8,10H,9H2,1-2H3,(H3,15,16,17,18). The van der Waals surface area contributed by atoms with Gasteiger partial charge in [-0.15, -0.1) is 0 Å². The number of thioether (sulfide) groups is 1. The third-order valence-corrected chi connectivity index (χ3v) is 3.42. The molecule has 1 unspecified atom stereocenters. The SMILES string of the molecule is CSCC(C)Nc1cc(N)nc(-c2ccccc2)n1. The number of nitrogen functional groups attached to an aromatic ring is 1. The predicted octanol–water partition coefficient (Wildman–Crippen LogP) is 2.89. The summed E-state index contributed by atoms with van der Waals surface area (Å²) in [6.07, 6.45) is 2.09. The van der Waals surface area contributed by atoms with E-state index >= 15 is 0 Å². The lowest BCUT2D eigenvalue weighted by atomic mass is 10.2. The van der Waals surface area contributed by atoms with Gasteiger partial charge in [0.2, 0.25) is 0 Å². The lowest BCUT2D eigenvalue weighted by Gasteiger charge is -2.14. The van der Waals surface area contributed by atoms with E-state index in [1.165, 1.54) is 0 Å². The van der Waals surface area contributed by atoms with Crippen LogP contribution in [-0.2, 0) is 0 Å². The van der Waals surface area contributed by atoms with Crippen molar-refractivity contribution in [3.05, 3.63) is 36.4 Å². The highest BCUT2D eigenvalue weighted by Crippen LogP contribution is 2.19. The Bertz CT molecular complexity index is 530. The normalized spacial score (nSPS) is 12.1. The maximum atomic E-state index is 5.85. The van der Waals surface area contributed by atoms with E-state index in [4.69, 9.17) is 5.73 Å². The summed E-state index contributed by atoms with van der Waals surface area (Å²) < 4.78 is 0. The maximum absolute atomic E-state index is 5.85. The molecule has 19 heavy (non-hydrogen) atoms. The van der Waals surface area contributed by atoms with E-state index < -0.39 is 0 Å². The molecule has 100 valence electrons. The molecular weight excluding hydrogens is 256 g/mol. The largest absolute Gasteiger partial charge is 0.384 e. The van der Waals surface area contributed by atoms with Crippen LogP contribution in [0.2, 0.25) is 0 Å². The number of aromatic nitrogens is 2. The van der Waals surface area contributed by atoms with E-state index in [1.54, 1.807) is 17.8 Å². The van der Waals surface area contributed by atoms with Crippen LogP contribution in [0.1, 0.15) is 6.92 Å². The first-order valence-corrected chi connectivity index (χ1v) is 7.54. The molecule has 1 atom stereocenters. The second kappa shape index (κ2) is 6.43. The summed E-state index contributed by atoms with van der Waals surface area (Å²) >= 11 is 1.80. The molecule has 0 fully saturated rings. The minimum atomic E-state index is 0.341. The van der Waals surface area contributed by atoms with Crippen molar-refractivity contribution in [2.24, 2.45) is 0 Å². The average molecular weight is 274 g/mol. The number of nitrogens with one attached hydrogen (secondary N) is 1. The second-order valence-electron chi connectivity index (χ2n) is 4.37. The van der Waals surface area contributed by atoms with Gasteiger partial charge in [-0.1, -0.05) is 30.3 Å². The predicted molar refractivity (Wildman–Crippen MR) is 83.3 cm³/mol. The first kappa shape index (κ1) is 13.7. The molecule has 2 aromatic rings. The lowest BCUT2D eigenvalue weighted by Crippen LogP contribution is -2.19. The van der Waals surface area contributed by atoms with Gasteiger partial charge in [-0.3, -0.25) is 0 Å². The van der Waals surface area contributed by atoms with Crippen molar-refractivity contribution >= 4 is 23.4 Å². The first-order chi connectivity index (χ1) is 9.19. The number of hydrogen-bond donors (Lipinski definition) is 2. The number of hydrogen-bond acceptors (Lipinski definition) is 5. The summed E-state index contributed by atoms with van der Waals surface area (Å²) in [5.74, 6) is 2.92. The van der Waals surface area contributed by atoms with Crippen molar-refractivity contribution < 1.29 is 0 Å². The van der Waals surface area contributed by atoms with Gasteiger partial charge in [0.1, 0.15) is 11.6 Å². The topological polar surface area (TPSA) is 63.8 Å². The van der Waals surface area contributed by atoms with E-state index in [0.717, 1.165) is 17.1 Å². The molecule has 5 heteroatoms. The van der Waals surface area contributed by atoms with E-state index in [-0.39, 0.29) is 0 Å². The van der Waals surface area contributed by atoms with Crippen LogP contribution in [-0.4, -0.2) is 28.0 Å². The summed E-state index contributed by atoms with van der Waals surface area (Å²) in [6.45, 7) is 2.12. The van der Waals surface area contributed by atoms with Crippen molar-refractivity contribution in [3.8, 4) is 11.4 Å². The molecule has 0 bridgehead atoms. The molecule has 1 heterocycles. The summed E-state index contributed by atoms with van der Waals surface area (Å²) in [5.41, 5.74) is 6.82. The molecule has 3 N–H and O–H groups in total. The Labute approximate surface area is 117 Å². The Kier molecular flexibility index (Phi) is 4.63. The third kappa shape index (κ3) is 3.86. The average Bonchev–Trinajstić information content (AvgIpc) is 2.39. The molecule has 0 spiro atoms. The molecule has 0 amide bonds. The minimum absolute atomic E-state index is 0.341. The van der Waals surface area contributed by atoms with Gasteiger partial charge in [-0.25, -0.2) is 9.97 Å². The van der Waals surface area contributed by atoms with Crippen molar-refractivity contribution in [2.75, 3.05) is 23.1 Å². The fourth-order valence-electron chi connectivity index (χ4n) is 1.80. The fourth-order valence-corrected chi connectivity index (χ4v) is 2.38. The van der Waals surface area contributed by atoms with Crippen LogP contribution in [0.5, 0.6) is 0 Å². The quantitative estimate of drug-likeness (QED) is 0.877. The highest BCUT2D eigenvalue weighted by molar-refractivity contribution is 7.98. The van der Waals surface area contributed by atoms with Gasteiger partial charge in [0.25, 0.3) is 0 Å². The van der Waals surface area contributed by atoms with Crippen LogP contribution in [0, 0.1) is 0 Å². The number of rotatable bonds is 5. The van der Waals surface area contributed by atoms with Crippen molar-refractivity contribution in [1.29, 1.82) is 0 Å². The van der Waals surface area contributed by atoms with Crippen LogP contribution >= 0.6 is 11.8 Å². The van der Waals surface area contributed by atoms with E-state index in [1.807, 2.05) is 30.3 Å². The highest BCUT2D eigenvalue weighted by Gasteiger charge is 2.07. The van der Waals surface area contributed by atoms with Crippen molar-refractivity contribution in [1.82, 2.24) is 9.97 Å². The zero-order valence-electron chi connectivity index (χ0n) is 11.1. The Hall–Kier alpha value is -1.75. The summed E-state index contributed by atoms with van der Waals surface area (Å²) in [4.78, 5) is 8.79. The Morgan fingerprint density at radius 1 is 1.26 bits per heavy atom. The zero-order valence-corrected chi connectivity index (χ0v) is 11.9. The molecule has 0 radical (unpaired) electrons. The van der Waals surface area contributed by atoms with Crippen molar-refractivity contribution in [3.63, 3.8) is 0 Å². The molecular formula is C14H18N4S. The lowest BCUT2D eigenvalue weighted by molar-refractivity contribution is 0.901. The summed E-state index contributed by atoms with van der Waals surface area (Å²) in [5, 5.41) is 3.34.